The third-order valence-electron chi connectivity index (χ3n) is 3.84. The lowest BCUT2D eigenvalue weighted by molar-refractivity contribution is -0.118. The molecule has 146 valence electrons. The van der Waals surface area contributed by atoms with Crippen LogP contribution in [-0.2, 0) is 9.53 Å². The van der Waals surface area contributed by atoms with Crippen LogP contribution in [0.1, 0.15) is 34.6 Å². The van der Waals surface area contributed by atoms with E-state index < -0.39 is 11.2 Å². The normalized spacial score (nSPS) is 13.7. The molecule has 0 unspecified atom stereocenters. The van der Waals surface area contributed by atoms with Crippen LogP contribution in [-0.4, -0.2) is 46.1 Å². The number of nitrogen functional groups attached to an aromatic ring is 1. The van der Waals surface area contributed by atoms with Gasteiger partial charge in [-0.3, -0.25) is 9.59 Å². The van der Waals surface area contributed by atoms with Gasteiger partial charge in [0.25, 0.3) is 5.91 Å². The van der Waals surface area contributed by atoms with E-state index in [1.165, 1.54) is 6.20 Å². The van der Waals surface area contributed by atoms with E-state index in [9.17, 15) is 14.4 Å². The molecule has 0 bridgehead atoms. The Hall–Kier alpha value is -3.14. The largest absolute Gasteiger partial charge is 0.482 e. The SMILES string of the molecule is CCOC(=O)c1cnc(S[C@H](C)C(=O)c2ccc3c(c2)NC(=O)CO3)nc1N. The minimum atomic E-state index is -0.598. The molecule has 10 heteroatoms. The molecule has 1 aliphatic rings. The summed E-state index contributed by atoms with van der Waals surface area (Å²) in [7, 11) is 0. The van der Waals surface area contributed by atoms with Crippen LogP contribution in [0.2, 0.25) is 0 Å². The summed E-state index contributed by atoms with van der Waals surface area (Å²) < 4.78 is 10.2. The third-order valence-corrected chi connectivity index (χ3v) is 4.81. The number of Topliss-reactive ketones (excluding diaryl/α,β-unsaturated/α-hetero) is 1. The van der Waals surface area contributed by atoms with Crippen molar-refractivity contribution < 1.29 is 23.9 Å². The molecule has 3 rings (SSSR count). The minimum absolute atomic E-state index is 0.00996. The zero-order valence-electron chi connectivity index (χ0n) is 15.2. The molecule has 1 amide bonds. The topological polar surface area (TPSA) is 134 Å². The lowest BCUT2D eigenvalue weighted by Gasteiger charge is -2.19. The van der Waals surface area contributed by atoms with E-state index in [-0.39, 0.29) is 41.4 Å². The summed E-state index contributed by atoms with van der Waals surface area (Å²) >= 11 is 1.11. The van der Waals surface area contributed by atoms with E-state index in [4.69, 9.17) is 15.2 Å². The monoisotopic (exact) mass is 402 g/mol. The van der Waals surface area contributed by atoms with Crippen molar-refractivity contribution in [2.24, 2.45) is 0 Å². The number of nitrogens with two attached hydrogens (primary N) is 1. The third kappa shape index (κ3) is 4.22. The number of ketones is 1. The summed E-state index contributed by atoms with van der Waals surface area (Å²) in [6.45, 7) is 3.56. The van der Waals surface area contributed by atoms with Gasteiger partial charge in [-0.2, -0.15) is 0 Å². The van der Waals surface area contributed by atoms with Crippen LogP contribution in [0.4, 0.5) is 11.5 Å². The van der Waals surface area contributed by atoms with Gasteiger partial charge in [-0.15, -0.1) is 0 Å². The summed E-state index contributed by atoms with van der Waals surface area (Å²) in [5, 5.41) is 2.41. The molecule has 0 aliphatic carbocycles. The van der Waals surface area contributed by atoms with Gasteiger partial charge in [-0.25, -0.2) is 14.8 Å². The number of thioether (sulfide) groups is 1. The van der Waals surface area contributed by atoms with Crippen LogP contribution in [0.15, 0.2) is 29.6 Å². The highest BCUT2D eigenvalue weighted by molar-refractivity contribution is 8.00. The van der Waals surface area contributed by atoms with Gasteiger partial charge in [0.05, 0.1) is 17.5 Å². The minimum Gasteiger partial charge on any atom is -0.482 e. The van der Waals surface area contributed by atoms with Crippen molar-refractivity contribution >= 4 is 40.9 Å². The lowest BCUT2D eigenvalue weighted by atomic mass is 10.1. The predicted octanol–water partition coefficient (Wildman–Crippen LogP) is 1.93. The maximum absolute atomic E-state index is 12.7. The first-order chi connectivity index (χ1) is 13.4. The molecule has 1 atom stereocenters. The van der Waals surface area contributed by atoms with E-state index >= 15 is 0 Å². The molecule has 28 heavy (non-hydrogen) atoms. The van der Waals surface area contributed by atoms with Gasteiger partial charge >= 0.3 is 5.97 Å². The number of rotatable bonds is 6. The first kappa shape index (κ1) is 19.6. The summed E-state index contributed by atoms with van der Waals surface area (Å²) in [6.07, 6.45) is 1.28. The van der Waals surface area contributed by atoms with Crippen LogP contribution in [0.5, 0.6) is 5.75 Å². The number of carbonyl (C=O) groups is 3. The molecule has 0 spiro atoms. The second-order valence-corrected chi connectivity index (χ2v) is 7.15. The van der Waals surface area contributed by atoms with Crippen molar-refractivity contribution in [1.82, 2.24) is 9.97 Å². The van der Waals surface area contributed by atoms with Crippen LogP contribution in [0.3, 0.4) is 0 Å². The van der Waals surface area contributed by atoms with Crippen molar-refractivity contribution in [2.45, 2.75) is 24.3 Å². The fourth-order valence-corrected chi connectivity index (χ4v) is 3.31. The molecule has 2 aromatic rings. The van der Waals surface area contributed by atoms with E-state index in [2.05, 4.69) is 15.3 Å². The number of carbonyl (C=O) groups excluding carboxylic acids is 3. The molecule has 0 saturated heterocycles. The van der Waals surface area contributed by atoms with Crippen molar-refractivity contribution in [3.05, 3.63) is 35.5 Å². The number of benzene rings is 1. The first-order valence-electron chi connectivity index (χ1n) is 8.46. The Morgan fingerprint density at radius 1 is 1.43 bits per heavy atom. The Bertz CT molecular complexity index is 950. The molecule has 0 saturated carbocycles. The van der Waals surface area contributed by atoms with Crippen molar-refractivity contribution in [1.29, 1.82) is 0 Å². The summed E-state index contributed by atoms with van der Waals surface area (Å²) in [6, 6.07) is 4.85. The molecule has 3 N–H and O–H groups in total. The molecule has 0 fully saturated rings. The number of anilines is 2. The number of aromatic nitrogens is 2. The van der Waals surface area contributed by atoms with Crippen molar-refractivity contribution in [2.75, 3.05) is 24.3 Å². The van der Waals surface area contributed by atoms with Gasteiger partial charge in [0.2, 0.25) is 0 Å². The smallest absolute Gasteiger partial charge is 0.343 e. The predicted molar refractivity (Wildman–Crippen MR) is 103 cm³/mol. The van der Waals surface area contributed by atoms with E-state index in [0.29, 0.717) is 17.0 Å². The van der Waals surface area contributed by atoms with Crippen molar-refractivity contribution in [3.63, 3.8) is 0 Å². The standard InChI is InChI=1S/C18H18N4O5S/c1-3-26-17(25)11-7-20-18(22-16(11)19)28-9(2)15(24)10-4-5-13-12(6-10)21-14(23)8-27-13/h4-7,9H,3,8H2,1-2H3,(H,21,23)(H2,19,20,22)/t9-/m1/s1. The molecule has 2 heterocycles. The van der Waals surface area contributed by atoms with Crippen LogP contribution in [0, 0.1) is 0 Å². The fourth-order valence-electron chi connectivity index (χ4n) is 2.48. The highest BCUT2D eigenvalue weighted by Crippen LogP contribution is 2.31. The van der Waals surface area contributed by atoms with Gasteiger partial charge in [-0.05, 0) is 32.0 Å². The van der Waals surface area contributed by atoms with Gasteiger partial charge < -0.3 is 20.5 Å². The number of hydrogen-bond donors (Lipinski definition) is 2. The highest BCUT2D eigenvalue weighted by atomic mass is 32.2. The van der Waals surface area contributed by atoms with Gasteiger partial charge in [-0.1, -0.05) is 11.8 Å². The Balaban J connectivity index is 1.72. The number of nitrogens with zero attached hydrogens (tertiary/aromatic N) is 2. The van der Waals surface area contributed by atoms with Gasteiger partial charge in [0.15, 0.2) is 17.5 Å². The second kappa shape index (κ2) is 8.26. The summed E-state index contributed by atoms with van der Waals surface area (Å²) in [5.74, 6) is -0.542. The number of amides is 1. The zero-order valence-corrected chi connectivity index (χ0v) is 16.0. The molecular weight excluding hydrogens is 384 g/mol. The number of esters is 1. The number of hydrogen-bond acceptors (Lipinski definition) is 9. The van der Waals surface area contributed by atoms with Gasteiger partial charge in [0, 0.05) is 11.8 Å². The Morgan fingerprint density at radius 2 is 2.21 bits per heavy atom. The maximum Gasteiger partial charge on any atom is 0.343 e. The highest BCUT2D eigenvalue weighted by Gasteiger charge is 2.23. The van der Waals surface area contributed by atoms with Crippen molar-refractivity contribution in [3.8, 4) is 5.75 Å². The Morgan fingerprint density at radius 3 is 2.93 bits per heavy atom. The average molecular weight is 402 g/mol. The number of ether oxygens (including phenoxy) is 2. The molecule has 0 radical (unpaired) electrons. The van der Waals surface area contributed by atoms with E-state index in [1.54, 1.807) is 32.0 Å². The lowest BCUT2D eigenvalue weighted by Crippen LogP contribution is -2.25. The molecule has 9 nitrogen and oxygen atoms in total. The second-order valence-electron chi connectivity index (χ2n) is 5.84. The first-order valence-corrected chi connectivity index (χ1v) is 9.34. The zero-order chi connectivity index (χ0) is 20.3. The quantitative estimate of drug-likeness (QED) is 0.322. The Kier molecular flexibility index (Phi) is 5.78. The number of nitrogens with one attached hydrogen (secondary N) is 1. The molecule has 1 aromatic heterocycles. The maximum atomic E-state index is 12.7. The fraction of sp³-hybridized carbons (Fsp3) is 0.278. The van der Waals surface area contributed by atoms with Crippen LogP contribution >= 0.6 is 11.8 Å². The van der Waals surface area contributed by atoms with E-state index in [0.717, 1.165) is 11.8 Å². The molecule has 1 aliphatic heterocycles. The van der Waals surface area contributed by atoms with Crippen LogP contribution in [0.25, 0.3) is 0 Å². The van der Waals surface area contributed by atoms with E-state index in [1.807, 2.05) is 0 Å². The Labute approximate surface area is 165 Å². The van der Waals surface area contributed by atoms with Crippen LogP contribution < -0.4 is 15.8 Å². The number of fused-ring (bicyclic) bond motifs is 1. The molecular formula is C18H18N4O5S. The average Bonchev–Trinajstić information content (AvgIpc) is 2.67. The van der Waals surface area contributed by atoms with Gasteiger partial charge in [0.1, 0.15) is 17.1 Å². The summed E-state index contributed by atoms with van der Waals surface area (Å²) in [5.41, 5.74) is 6.75. The molecule has 1 aromatic carbocycles. The summed E-state index contributed by atoms with van der Waals surface area (Å²) in [4.78, 5) is 44.1.